The van der Waals surface area contributed by atoms with Crippen molar-refractivity contribution >= 4 is 50.6 Å². The Hall–Kier alpha value is -3.05. The quantitative estimate of drug-likeness (QED) is 0.313. The van der Waals surface area contributed by atoms with Gasteiger partial charge in [-0.1, -0.05) is 65.4 Å². The van der Waals surface area contributed by atoms with Crippen molar-refractivity contribution in [3.63, 3.8) is 0 Å². The highest BCUT2D eigenvalue weighted by molar-refractivity contribution is 7.19. The van der Waals surface area contributed by atoms with E-state index in [4.69, 9.17) is 16.6 Å². The third-order valence-corrected chi connectivity index (χ3v) is 8.32. The zero-order chi connectivity index (χ0) is 25.6. The number of aromatic nitrogens is 3. The van der Waals surface area contributed by atoms with Crippen LogP contribution in [0.4, 0.5) is 14.9 Å². The lowest BCUT2D eigenvalue weighted by Crippen LogP contribution is -2.48. The van der Waals surface area contributed by atoms with Gasteiger partial charge in [0.15, 0.2) is 0 Å². The Morgan fingerprint density at radius 3 is 2.54 bits per heavy atom. The van der Waals surface area contributed by atoms with Gasteiger partial charge < -0.3 is 10.2 Å². The first-order chi connectivity index (χ1) is 18.0. The lowest BCUT2D eigenvalue weighted by Gasteiger charge is -2.34. The predicted octanol–water partition coefficient (Wildman–Crippen LogP) is 5.16. The molecule has 2 aromatic carbocycles. The molecule has 0 saturated carbocycles. The number of anilines is 2. The first kappa shape index (κ1) is 25.6. The molecule has 0 atom stereocenters. The molecule has 8 nitrogen and oxygen atoms in total. The van der Waals surface area contributed by atoms with Crippen LogP contribution in [-0.2, 0) is 6.42 Å². The van der Waals surface area contributed by atoms with Crippen LogP contribution in [0, 0.1) is 6.92 Å². The summed E-state index contributed by atoms with van der Waals surface area (Å²) in [6.07, 6.45) is 0.704. The third kappa shape index (κ3) is 6.84. The average molecular weight is 554 g/mol. The zero-order valence-electron chi connectivity index (χ0n) is 20.5. The van der Waals surface area contributed by atoms with Crippen LogP contribution in [0.15, 0.2) is 54.6 Å². The molecule has 0 aliphatic carbocycles. The summed E-state index contributed by atoms with van der Waals surface area (Å²) < 4.78 is 4.54. The van der Waals surface area contributed by atoms with E-state index in [1.54, 1.807) is 0 Å². The second kappa shape index (κ2) is 12.0. The van der Waals surface area contributed by atoms with Crippen molar-refractivity contribution in [2.75, 3.05) is 49.5 Å². The van der Waals surface area contributed by atoms with E-state index in [1.165, 1.54) is 22.9 Å². The topological polar surface area (TPSA) is 86.3 Å². The molecule has 192 valence electrons. The molecule has 3 heterocycles. The molecular weight excluding hydrogens is 526 g/mol. The van der Waals surface area contributed by atoms with Gasteiger partial charge in [-0.05, 0) is 24.6 Å². The second-order valence-corrected chi connectivity index (χ2v) is 11.0. The van der Waals surface area contributed by atoms with Gasteiger partial charge in [0.1, 0.15) is 15.8 Å². The maximum atomic E-state index is 12.4. The zero-order valence-corrected chi connectivity index (χ0v) is 22.9. The van der Waals surface area contributed by atoms with Gasteiger partial charge in [-0.2, -0.15) is 4.37 Å². The molecule has 2 amide bonds. The molecule has 1 aliphatic heterocycles. The number of aryl methyl sites for hydroxylation is 1. The number of amides is 2. The summed E-state index contributed by atoms with van der Waals surface area (Å²) in [6.45, 7) is 6.92. The summed E-state index contributed by atoms with van der Waals surface area (Å²) in [7, 11) is 0. The molecule has 2 N–H and O–H groups in total. The van der Waals surface area contributed by atoms with Crippen molar-refractivity contribution in [1.29, 1.82) is 0 Å². The number of nitrogens with zero attached hydrogens (tertiary/aromatic N) is 5. The summed E-state index contributed by atoms with van der Waals surface area (Å²) in [5.41, 5.74) is 3.02. The van der Waals surface area contributed by atoms with Crippen LogP contribution in [0.1, 0.15) is 17.1 Å². The molecular formula is C26H28ClN7OS2. The number of urea groups is 1. The number of carbonyl (C=O) groups excluding carboxylic acids is 1. The van der Waals surface area contributed by atoms with Crippen molar-refractivity contribution in [1.82, 2.24) is 24.6 Å². The van der Waals surface area contributed by atoms with Gasteiger partial charge in [0.05, 0.1) is 5.69 Å². The van der Waals surface area contributed by atoms with E-state index in [2.05, 4.69) is 29.8 Å². The minimum atomic E-state index is -0.202. The molecule has 0 bridgehead atoms. The largest absolute Gasteiger partial charge is 0.344 e. The molecule has 37 heavy (non-hydrogen) atoms. The number of hydrogen-bond donors (Lipinski definition) is 2. The molecule has 11 heteroatoms. The number of nitrogens with one attached hydrogen (secondary N) is 2. The van der Waals surface area contributed by atoms with Crippen LogP contribution in [0.25, 0.3) is 10.6 Å². The number of thiazole rings is 1. The molecule has 0 unspecified atom stereocenters. The van der Waals surface area contributed by atoms with Gasteiger partial charge in [-0.3, -0.25) is 10.2 Å². The molecule has 5 rings (SSSR count). The Morgan fingerprint density at radius 2 is 1.78 bits per heavy atom. The second-order valence-electron chi connectivity index (χ2n) is 8.81. The Kier molecular flexibility index (Phi) is 8.30. The van der Waals surface area contributed by atoms with Crippen LogP contribution >= 0.6 is 34.5 Å². The highest BCUT2D eigenvalue weighted by Crippen LogP contribution is 2.31. The fourth-order valence-corrected chi connectivity index (χ4v) is 5.91. The molecule has 4 aromatic rings. The summed E-state index contributed by atoms with van der Waals surface area (Å²) in [5.74, 6) is 0.840. The highest BCUT2D eigenvalue weighted by atomic mass is 35.5. The van der Waals surface area contributed by atoms with Crippen LogP contribution in [0.3, 0.4) is 0 Å². The van der Waals surface area contributed by atoms with Gasteiger partial charge in [-0.25, -0.2) is 14.8 Å². The van der Waals surface area contributed by atoms with Crippen LogP contribution < -0.4 is 15.5 Å². The Morgan fingerprint density at radius 1 is 1.03 bits per heavy atom. The van der Waals surface area contributed by atoms with Gasteiger partial charge in [0, 0.05) is 67.8 Å². The van der Waals surface area contributed by atoms with Gasteiger partial charge in [-0.15, -0.1) is 0 Å². The van der Waals surface area contributed by atoms with E-state index in [-0.39, 0.29) is 6.03 Å². The summed E-state index contributed by atoms with van der Waals surface area (Å²) in [4.78, 5) is 26.4. The fraction of sp³-hybridized carbons (Fsp3) is 0.308. The van der Waals surface area contributed by atoms with Crippen molar-refractivity contribution in [3.05, 3.63) is 76.7 Å². The molecule has 0 radical (unpaired) electrons. The summed E-state index contributed by atoms with van der Waals surface area (Å²) in [6, 6.07) is 17.6. The number of halogens is 1. The van der Waals surface area contributed by atoms with Crippen molar-refractivity contribution in [2.24, 2.45) is 0 Å². The van der Waals surface area contributed by atoms with Gasteiger partial charge in [0.2, 0.25) is 5.13 Å². The number of carbonyl (C=O) groups is 1. The minimum absolute atomic E-state index is 0.202. The van der Waals surface area contributed by atoms with E-state index >= 15 is 0 Å². The minimum Gasteiger partial charge on any atom is -0.344 e. The first-order valence-electron chi connectivity index (χ1n) is 12.2. The number of rotatable bonds is 8. The van der Waals surface area contributed by atoms with Gasteiger partial charge in [0.25, 0.3) is 0 Å². The number of benzene rings is 2. The Labute approximate surface area is 229 Å². The van der Waals surface area contributed by atoms with Crippen molar-refractivity contribution in [2.45, 2.75) is 13.3 Å². The lowest BCUT2D eigenvalue weighted by atomic mass is 10.1. The standard InChI is InChI=1S/C26H28ClN7OS2/c1-18-23(36-24(29-18)20-5-3-2-4-6-20)31-25(35)28-11-12-33-13-15-34(16-14-33)26-30-22(32-37-26)17-19-7-9-21(27)10-8-19/h2-10H,11-17H2,1H3,(H2,28,31,35). The lowest BCUT2D eigenvalue weighted by molar-refractivity contribution is 0.240. The van der Waals surface area contributed by atoms with E-state index in [0.29, 0.717) is 13.0 Å². The van der Waals surface area contributed by atoms with Crippen LogP contribution in [-0.4, -0.2) is 64.5 Å². The van der Waals surface area contributed by atoms with Crippen LogP contribution in [0.5, 0.6) is 0 Å². The van der Waals surface area contributed by atoms with E-state index < -0.39 is 0 Å². The SMILES string of the molecule is Cc1nc(-c2ccccc2)sc1NC(=O)NCCN1CCN(c2nc(Cc3ccc(Cl)cc3)ns2)CC1. The van der Waals surface area contributed by atoms with Gasteiger partial charge >= 0.3 is 6.03 Å². The van der Waals surface area contributed by atoms with E-state index in [1.807, 2.05) is 61.5 Å². The van der Waals surface area contributed by atoms with E-state index in [9.17, 15) is 4.79 Å². The van der Waals surface area contributed by atoms with Crippen molar-refractivity contribution in [3.8, 4) is 10.6 Å². The Bertz CT molecular complexity index is 1320. The first-order valence-corrected chi connectivity index (χ1v) is 14.1. The monoisotopic (exact) mass is 553 g/mol. The van der Waals surface area contributed by atoms with E-state index in [0.717, 1.165) is 75.5 Å². The number of hydrogen-bond acceptors (Lipinski definition) is 8. The summed E-state index contributed by atoms with van der Waals surface area (Å²) >= 11 is 8.92. The molecule has 2 aromatic heterocycles. The molecule has 1 aliphatic rings. The smallest absolute Gasteiger partial charge is 0.319 e. The van der Waals surface area contributed by atoms with Crippen molar-refractivity contribution < 1.29 is 4.79 Å². The molecule has 0 spiro atoms. The molecule has 1 fully saturated rings. The average Bonchev–Trinajstić information content (AvgIpc) is 3.53. The number of piperazine rings is 1. The molecule has 1 saturated heterocycles. The maximum Gasteiger partial charge on any atom is 0.319 e. The maximum absolute atomic E-state index is 12.4. The Balaban J connectivity index is 1.03. The normalized spacial score (nSPS) is 14.1. The highest BCUT2D eigenvalue weighted by Gasteiger charge is 2.20. The summed E-state index contributed by atoms with van der Waals surface area (Å²) in [5, 5.41) is 9.30. The predicted molar refractivity (Wildman–Crippen MR) is 152 cm³/mol. The fourth-order valence-electron chi connectivity index (χ4n) is 4.08. The third-order valence-electron chi connectivity index (χ3n) is 6.13. The van der Waals surface area contributed by atoms with Crippen LogP contribution in [0.2, 0.25) is 5.02 Å².